The molecule has 0 aliphatic heterocycles. The van der Waals surface area contributed by atoms with Crippen LogP contribution in [0, 0.1) is 11.8 Å². The molecule has 0 bridgehead atoms. The Morgan fingerprint density at radius 1 is 0.564 bits per heavy atom. The number of allylic oxidation sites excluding steroid dienone is 2. The third kappa shape index (κ3) is 7.79. The summed E-state index contributed by atoms with van der Waals surface area (Å²) in [6.45, 7) is 29.2. The zero-order valence-corrected chi connectivity index (χ0v) is 41.8. The summed E-state index contributed by atoms with van der Waals surface area (Å²) in [6.07, 6.45) is 9.22. The fourth-order valence-corrected chi connectivity index (χ4v) is 52.6. The zero-order valence-electron chi connectivity index (χ0n) is 35.8. The van der Waals surface area contributed by atoms with Crippen molar-refractivity contribution >= 4 is 50.6 Å². The fraction of sp³-hybridized carbons (Fsp3) is 0.417. The van der Waals surface area contributed by atoms with Gasteiger partial charge in [-0.1, -0.05) is 0 Å². The van der Waals surface area contributed by atoms with Gasteiger partial charge in [0, 0.05) is 0 Å². The first-order valence-corrected chi connectivity index (χ1v) is 38.9. The van der Waals surface area contributed by atoms with Crippen molar-refractivity contribution < 1.29 is 16.2 Å². The Hall–Kier alpha value is -1.72. The monoisotopic (exact) mass is 882 g/mol. The molecule has 4 atom stereocenters. The average Bonchev–Trinajstić information content (AvgIpc) is 3.77. The van der Waals surface area contributed by atoms with Crippen LogP contribution in [0.2, 0.25) is 39.3 Å². The van der Waals surface area contributed by atoms with Crippen LogP contribution in [0.25, 0.3) is 34.4 Å². The van der Waals surface area contributed by atoms with Crippen molar-refractivity contribution in [3.05, 3.63) is 129 Å². The van der Waals surface area contributed by atoms with Crippen molar-refractivity contribution in [2.24, 2.45) is 11.8 Å². The third-order valence-electron chi connectivity index (χ3n) is 13.2. The van der Waals surface area contributed by atoms with Gasteiger partial charge in [0.15, 0.2) is 0 Å². The molecule has 0 saturated heterocycles. The molecule has 6 rings (SSSR count). The van der Waals surface area contributed by atoms with Gasteiger partial charge in [0.1, 0.15) is 0 Å². The Bertz CT molecular complexity index is 1980. The van der Waals surface area contributed by atoms with Crippen LogP contribution in [0.3, 0.4) is 0 Å². The maximum atomic E-state index is 9.27. The van der Waals surface area contributed by atoms with Crippen LogP contribution in [0.1, 0.15) is 95.0 Å². The van der Waals surface area contributed by atoms with Gasteiger partial charge in [-0.25, -0.2) is 0 Å². The summed E-state index contributed by atoms with van der Waals surface area (Å²) in [6, 6.07) is 32.1. The topological polar surface area (TPSA) is 3.24 Å². The second-order valence-electron chi connectivity index (χ2n) is 18.7. The first-order valence-electron chi connectivity index (χ1n) is 21.1. The zero-order chi connectivity index (χ0) is 40.1. The summed E-state index contributed by atoms with van der Waals surface area (Å²) < 4.78 is 2.94. The number of nitrogens with zero attached hydrogens (tertiary/aromatic N) is 1. The quantitative estimate of drug-likeness (QED) is 0.114. The van der Waals surface area contributed by atoms with E-state index >= 15 is 0 Å². The summed E-state index contributed by atoms with van der Waals surface area (Å²) in [5, 5.41) is 0. The Morgan fingerprint density at radius 2 is 0.927 bits per heavy atom. The molecule has 0 radical (unpaired) electrons. The Labute approximate surface area is 345 Å². The van der Waals surface area contributed by atoms with E-state index in [4.69, 9.17) is 0 Å². The number of hydrogen-bond donors (Lipinski definition) is 0. The molecule has 2 aliphatic carbocycles. The SMILES string of the molecule is CCc1ccccc1-c1cccc2c1C=C(C(C)CC)[CH]2[Zr]([Cl])([Cl])([BH]N([Si](C)(C)C)[Si](C)(C)C)[CH]1C(C(C)CC)=Cc2c(-c3ccccc3CC)cccc21. The Morgan fingerprint density at radius 3 is 1.27 bits per heavy atom. The molecule has 55 heavy (non-hydrogen) atoms. The average molecular weight is 885 g/mol. The molecule has 4 aromatic rings. The predicted molar refractivity (Wildman–Crippen MR) is 250 cm³/mol. The molecule has 0 N–H and O–H groups in total. The maximum absolute atomic E-state index is 9.27. The number of rotatable bonds is 14. The molecule has 0 aromatic heterocycles. The van der Waals surface area contributed by atoms with Gasteiger partial charge in [0.25, 0.3) is 0 Å². The van der Waals surface area contributed by atoms with Crippen LogP contribution in [0.5, 0.6) is 0 Å². The number of aryl methyl sites for hydroxylation is 2. The van der Waals surface area contributed by atoms with Crippen molar-refractivity contribution in [3.63, 3.8) is 0 Å². The molecule has 0 amide bonds. The summed E-state index contributed by atoms with van der Waals surface area (Å²) in [5.41, 5.74) is 16.4. The summed E-state index contributed by atoms with van der Waals surface area (Å²) in [7, 11) is 14.8. The molecule has 0 heterocycles. The van der Waals surface area contributed by atoms with E-state index in [1.165, 1.54) is 66.8 Å². The van der Waals surface area contributed by atoms with Gasteiger partial charge in [0.2, 0.25) is 0 Å². The van der Waals surface area contributed by atoms with Crippen molar-refractivity contribution in [3.8, 4) is 22.3 Å². The van der Waals surface area contributed by atoms with E-state index < -0.39 is 32.6 Å². The van der Waals surface area contributed by atoms with Crippen molar-refractivity contribution in [1.82, 2.24) is 4.14 Å². The van der Waals surface area contributed by atoms with Crippen LogP contribution in [0.4, 0.5) is 0 Å². The van der Waals surface area contributed by atoms with E-state index in [0.29, 0.717) is 11.8 Å². The Balaban J connectivity index is 1.73. The number of fused-ring (bicyclic) bond motifs is 2. The second-order valence-corrected chi connectivity index (χ2v) is 50.9. The molecular weight excluding hydrogens is 820 g/mol. The van der Waals surface area contributed by atoms with Crippen molar-refractivity contribution in [1.29, 1.82) is 0 Å². The van der Waals surface area contributed by atoms with Gasteiger partial charge in [-0.2, -0.15) is 0 Å². The molecule has 291 valence electrons. The van der Waals surface area contributed by atoms with E-state index in [0.717, 1.165) is 30.6 Å². The number of hydrogen-bond acceptors (Lipinski definition) is 1. The molecular formula is C48H65BCl2NSi2Zr. The molecule has 4 unspecified atom stereocenters. The van der Waals surface area contributed by atoms with Crippen LogP contribution < -0.4 is 0 Å². The Kier molecular flexibility index (Phi) is 12.6. The van der Waals surface area contributed by atoms with Gasteiger partial charge in [-0.05, 0) is 0 Å². The normalized spacial score (nSPS) is 18.9. The summed E-state index contributed by atoms with van der Waals surface area (Å²) >= 11 is -5.37. The number of halogens is 2. The fourth-order valence-electron chi connectivity index (χ4n) is 10.3. The molecule has 4 aromatic carbocycles. The second kappa shape index (κ2) is 16.1. The first kappa shape index (κ1) is 42.9. The van der Waals surface area contributed by atoms with Crippen LogP contribution in [-0.2, 0) is 29.0 Å². The van der Waals surface area contributed by atoms with Crippen LogP contribution >= 0.6 is 17.0 Å². The van der Waals surface area contributed by atoms with E-state index in [-0.39, 0.29) is 7.25 Å². The van der Waals surface area contributed by atoms with Crippen molar-refractivity contribution in [2.75, 3.05) is 0 Å². The molecule has 2 aliphatic rings. The van der Waals surface area contributed by atoms with E-state index in [1.54, 1.807) is 0 Å². The van der Waals surface area contributed by atoms with Crippen LogP contribution in [0.15, 0.2) is 96.1 Å². The minimum absolute atomic E-state index is 0.00588. The van der Waals surface area contributed by atoms with E-state index in [2.05, 4.69) is 182 Å². The number of benzene rings is 4. The van der Waals surface area contributed by atoms with Gasteiger partial charge >= 0.3 is 348 Å². The van der Waals surface area contributed by atoms with E-state index in [1.807, 2.05) is 0 Å². The molecule has 0 fully saturated rings. The predicted octanol–water partition coefficient (Wildman–Crippen LogP) is 15.0. The molecule has 0 saturated carbocycles. The van der Waals surface area contributed by atoms with Gasteiger partial charge in [-0.3, -0.25) is 0 Å². The first-order chi connectivity index (χ1) is 25.9. The summed E-state index contributed by atoms with van der Waals surface area (Å²) in [4.78, 5) is 0.817. The van der Waals surface area contributed by atoms with Crippen LogP contribution in [-0.4, -0.2) is 25.6 Å². The standard InChI is InChI=1S/2C21H23.C6H19BNSi2.2ClH.Zr/c2*1-4-15(3)18-13-17-10-8-12-20(21(17)14-18)19-11-7-6-9-16(19)5-2;1-9(2,3)8(7)10(4,5)6;;;/h2*6-15H,4-5H2,1-3H3;7H,1-6H3;2*1H;/q;;+1;;;+1/p-2. The van der Waals surface area contributed by atoms with E-state index in [9.17, 15) is 17.0 Å². The third-order valence-corrected chi connectivity index (χ3v) is 40.1. The van der Waals surface area contributed by atoms with Crippen molar-refractivity contribution in [2.45, 2.75) is 114 Å². The van der Waals surface area contributed by atoms with Gasteiger partial charge in [-0.15, -0.1) is 0 Å². The minimum atomic E-state index is -5.37. The summed E-state index contributed by atoms with van der Waals surface area (Å²) in [5.74, 6) is 0.702. The molecule has 0 spiro atoms. The van der Waals surface area contributed by atoms with Gasteiger partial charge < -0.3 is 0 Å². The molecule has 1 nitrogen and oxygen atoms in total. The molecule has 7 heteroatoms. The van der Waals surface area contributed by atoms with Gasteiger partial charge in [0.05, 0.1) is 0 Å².